The monoisotopic (exact) mass is 414 g/mol. The van der Waals surface area contributed by atoms with Crippen molar-refractivity contribution in [1.29, 1.82) is 0 Å². The fourth-order valence-electron chi connectivity index (χ4n) is 2.39. The fourth-order valence-corrected chi connectivity index (χ4v) is 2.87. The zero-order valence-electron chi connectivity index (χ0n) is 14.6. The number of hydrogen-bond donors (Lipinski definition) is 2. The van der Waals surface area contributed by atoms with Gasteiger partial charge in [-0.15, -0.1) is 0 Å². The van der Waals surface area contributed by atoms with Crippen LogP contribution in [0.5, 0.6) is 0 Å². The summed E-state index contributed by atoms with van der Waals surface area (Å²) in [5, 5.41) is 6.32. The Morgan fingerprint density at radius 1 is 1.00 bits per heavy atom. The second-order valence-corrected chi connectivity index (χ2v) is 6.66. The number of carbonyl (C=O) groups excluding carboxylic acids is 2. The molecule has 28 heavy (non-hydrogen) atoms. The second-order valence-electron chi connectivity index (χ2n) is 5.81. The molecule has 3 rings (SSSR count). The van der Waals surface area contributed by atoms with E-state index in [4.69, 9.17) is 27.6 Å². The first-order chi connectivity index (χ1) is 13.5. The molecule has 0 unspecified atom stereocenters. The van der Waals surface area contributed by atoms with E-state index in [0.29, 0.717) is 26.9 Å². The van der Waals surface area contributed by atoms with Crippen LogP contribution in [-0.2, 0) is 11.3 Å². The van der Waals surface area contributed by atoms with Gasteiger partial charge >= 0.3 is 0 Å². The van der Waals surface area contributed by atoms with Gasteiger partial charge in [0.2, 0.25) is 0 Å². The zero-order chi connectivity index (χ0) is 19.9. The molecular weight excluding hydrogens is 399 g/mol. The number of hydrogen-bond acceptors (Lipinski definition) is 3. The molecule has 0 atom stereocenters. The molecule has 2 amide bonds. The molecule has 2 aromatic carbocycles. The molecule has 1 heterocycles. The number of amides is 2. The van der Waals surface area contributed by atoms with Crippen molar-refractivity contribution >= 4 is 41.1 Å². The summed E-state index contributed by atoms with van der Waals surface area (Å²) in [6.07, 6.45) is 2.94. The Hall–Kier alpha value is -3.02. The lowest BCUT2D eigenvalue weighted by Crippen LogP contribution is -2.34. The van der Waals surface area contributed by atoms with Gasteiger partial charge in [0.05, 0.1) is 6.26 Å². The molecule has 0 aliphatic heterocycles. The Labute approximate surface area is 172 Å². The maximum Gasteiger partial charge on any atom is 0.268 e. The lowest BCUT2D eigenvalue weighted by Gasteiger charge is -2.11. The number of furan rings is 1. The molecule has 142 valence electrons. The standard InChI is InChI=1S/C21H16Cl2N2O3/c22-16-9-8-15(18(23)11-16)13-24-21(27)19(12-17-7-4-10-28-17)25-20(26)14-5-2-1-3-6-14/h1-12H,13H2,(H,24,27)(H,25,26)/b19-12-. The summed E-state index contributed by atoms with van der Waals surface area (Å²) in [4.78, 5) is 25.1. The van der Waals surface area contributed by atoms with E-state index in [1.165, 1.54) is 12.3 Å². The number of benzene rings is 2. The highest BCUT2D eigenvalue weighted by molar-refractivity contribution is 6.35. The molecule has 0 fully saturated rings. The van der Waals surface area contributed by atoms with E-state index >= 15 is 0 Å². The van der Waals surface area contributed by atoms with Gasteiger partial charge in [-0.05, 0) is 42.0 Å². The molecule has 0 aliphatic rings. The van der Waals surface area contributed by atoms with Gasteiger partial charge in [0.15, 0.2) is 0 Å². The van der Waals surface area contributed by atoms with Crippen LogP contribution in [0, 0.1) is 0 Å². The van der Waals surface area contributed by atoms with Gasteiger partial charge in [-0.25, -0.2) is 0 Å². The van der Waals surface area contributed by atoms with Crippen LogP contribution < -0.4 is 10.6 Å². The lowest BCUT2D eigenvalue weighted by atomic mass is 10.2. The van der Waals surface area contributed by atoms with Crippen LogP contribution in [0.1, 0.15) is 21.7 Å². The van der Waals surface area contributed by atoms with Crippen LogP contribution in [0.15, 0.2) is 77.0 Å². The average molecular weight is 415 g/mol. The minimum Gasteiger partial charge on any atom is -0.465 e. The molecule has 0 bridgehead atoms. The van der Waals surface area contributed by atoms with Crippen molar-refractivity contribution in [2.75, 3.05) is 0 Å². The van der Waals surface area contributed by atoms with E-state index < -0.39 is 11.8 Å². The van der Waals surface area contributed by atoms with Gasteiger partial charge in [-0.2, -0.15) is 0 Å². The predicted octanol–water partition coefficient (Wildman–Crippen LogP) is 4.67. The average Bonchev–Trinajstić information content (AvgIpc) is 3.20. The molecule has 3 aromatic rings. The van der Waals surface area contributed by atoms with Crippen LogP contribution in [-0.4, -0.2) is 11.8 Å². The summed E-state index contributed by atoms with van der Waals surface area (Å²) in [6, 6.07) is 17.0. The Morgan fingerprint density at radius 2 is 1.79 bits per heavy atom. The van der Waals surface area contributed by atoms with Crippen molar-refractivity contribution in [2.24, 2.45) is 0 Å². The van der Waals surface area contributed by atoms with E-state index in [-0.39, 0.29) is 12.2 Å². The molecule has 0 spiro atoms. The molecule has 5 nitrogen and oxygen atoms in total. The maximum absolute atomic E-state index is 12.7. The first-order valence-corrected chi connectivity index (χ1v) is 9.12. The smallest absolute Gasteiger partial charge is 0.268 e. The van der Waals surface area contributed by atoms with Crippen LogP contribution in [0.3, 0.4) is 0 Å². The van der Waals surface area contributed by atoms with Crippen LogP contribution >= 0.6 is 23.2 Å². The third kappa shape index (κ3) is 5.25. The largest absolute Gasteiger partial charge is 0.465 e. The van der Waals surface area contributed by atoms with Crippen molar-refractivity contribution in [2.45, 2.75) is 6.54 Å². The van der Waals surface area contributed by atoms with Crippen molar-refractivity contribution in [1.82, 2.24) is 10.6 Å². The van der Waals surface area contributed by atoms with Crippen molar-refractivity contribution in [3.63, 3.8) is 0 Å². The van der Waals surface area contributed by atoms with Crippen molar-refractivity contribution in [3.05, 3.63) is 99.6 Å². The number of carbonyl (C=O) groups is 2. The van der Waals surface area contributed by atoms with E-state index in [9.17, 15) is 9.59 Å². The molecule has 7 heteroatoms. The SMILES string of the molecule is O=C(NCc1ccc(Cl)cc1Cl)/C(=C/c1ccco1)NC(=O)c1ccccc1. The highest BCUT2D eigenvalue weighted by Gasteiger charge is 2.15. The zero-order valence-corrected chi connectivity index (χ0v) is 16.1. The molecule has 0 saturated carbocycles. The summed E-state index contributed by atoms with van der Waals surface area (Å²) in [5.74, 6) is -0.451. The topological polar surface area (TPSA) is 71.3 Å². The Bertz CT molecular complexity index is 1000. The summed E-state index contributed by atoms with van der Waals surface area (Å²) in [6.45, 7) is 0.172. The summed E-state index contributed by atoms with van der Waals surface area (Å²) in [7, 11) is 0. The molecule has 0 radical (unpaired) electrons. The van der Waals surface area contributed by atoms with Crippen LogP contribution in [0.2, 0.25) is 10.0 Å². The summed E-state index contributed by atoms with van der Waals surface area (Å²) in [5.41, 5.74) is 1.18. The number of nitrogens with one attached hydrogen (secondary N) is 2. The molecular formula is C21H16Cl2N2O3. The second kappa shape index (κ2) is 9.26. The molecule has 2 N–H and O–H groups in total. The number of rotatable bonds is 6. The van der Waals surface area contributed by atoms with Gasteiger partial charge in [0, 0.05) is 28.2 Å². The van der Waals surface area contributed by atoms with E-state index in [0.717, 1.165) is 0 Å². The lowest BCUT2D eigenvalue weighted by molar-refractivity contribution is -0.117. The van der Waals surface area contributed by atoms with Gasteiger partial charge in [-0.3, -0.25) is 9.59 Å². The molecule has 0 saturated heterocycles. The van der Waals surface area contributed by atoms with Gasteiger partial charge in [0.1, 0.15) is 11.5 Å². The van der Waals surface area contributed by atoms with Gasteiger partial charge in [-0.1, -0.05) is 47.5 Å². The molecule has 0 aliphatic carbocycles. The van der Waals surface area contributed by atoms with E-state index in [2.05, 4.69) is 10.6 Å². The normalized spacial score (nSPS) is 11.1. The maximum atomic E-state index is 12.7. The van der Waals surface area contributed by atoms with Gasteiger partial charge < -0.3 is 15.1 Å². The Balaban J connectivity index is 1.76. The van der Waals surface area contributed by atoms with Crippen LogP contribution in [0.4, 0.5) is 0 Å². The minimum atomic E-state index is -0.480. The number of halogens is 2. The van der Waals surface area contributed by atoms with E-state index in [1.54, 1.807) is 60.7 Å². The third-order valence-corrected chi connectivity index (χ3v) is 4.40. The fraction of sp³-hybridized carbons (Fsp3) is 0.0476. The van der Waals surface area contributed by atoms with Crippen LogP contribution in [0.25, 0.3) is 6.08 Å². The quantitative estimate of drug-likeness (QED) is 0.575. The highest BCUT2D eigenvalue weighted by Crippen LogP contribution is 2.20. The third-order valence-electron chi connectivity index (χ3n) is 3.81. The molecule has 1 aromatic heterocycles. The Kier molecular flexibility index (Phi) is 6.53. The predicted molar refractivity (Wildman–Crippen MR) is 109 cm³/mol. The van der Waals surface area contributed by atoms with Gasteiger partial charge in [0.25, 0.3) is 11.8 Å². The van der Waals surface area contributed by atoms with Crippen molar-refractivity contribution in [3.8, 4) is 0 Å². The first-order valence-electron chi connectivity index (χ1n) is 8.36. The minimum absolute atomic E-state index is 0.0499. The summed E-state index contributed by atoms with van der Waals surface area (Å²) < 4.78 is 5.25. The van der Waals surface area contributed by atoms with E-state index in [1.807, 2.05) is 0 Å². The Morgan fingerprint density at radius 3 is 2.46 bits per heavy atom. The van der Waals surface area contributed by atoms with Crippen molar-refractivity contribution < 1.29 is 14.0 Å². The summed E-state index contributed by atoms with van der Waals surface area (Å²) >= 11 is 12.0. The first kappa shape index (κ1) is 19.7. The highest BCUT2D eigenvalue weighted by atomic mass is 35.5.